The minimum absolute atomic E-state index is 0.705. The minimum atomic E-state index is 0.705. The van der Waals surface area contributed by atoms with Crippen LogP contribution in [-0.2, 0) is 0 Å². The van der Waals surface area contributed by atoms with Gasteiger partial charge in [-0.15, -0.1) is 0 Å². The predicted molar refractivity (Wildman–Crippen MR) is 56.3 cm³/mol. The van der Waals surface area contributed by atoms with Gasteiger partial charge in [0.2, 0.25) is 4.96 Å². The molecule has 70 valence electrons. The van der Waals surface area contributed by atoms with E-state index in [2.05, 4.69) is 26.0 Å². The first-order valence-electron chi connectivity index (χ1n) is 3.87. The van der Waals surface area contributed by atoms with Gasteiger partial charge in [0.1, 0.15) is 11.2 Å². The fourth-order valence-corrected chi connectivity index (χ4v) is 2.12. The fraction of sp³-hybridized carbons (Fsp3) is 0. The molecule has 3 rings (SSSR count). The summed E-state index contributed by atoms with van der Waals surface area (Å²) in [7, 11) is 0. The molecule has 0 aliphatic carbocycles. The molecule has 3 aromatic heterocycles. The highest BCUT2D eigenvalue weighted by Crippen LogP contribution is 2.24. The van der Waals surface area contributed by atoms with Gasteiger partial charge in [-0.3, -0.25) is 0 Å². The topological polar surface area (TPSA) is 43.3 Å². The molecular weight excluding hydrogens is 266 g/mol. The van der Waals surface area contributed by atoms with Gasteiger partial charge < -0.3 is 4.42 Å². The SMILES string of the molecule is Brc1ccc(-c2cn3ncsc3n2)o1. The lowest BCUT2D eigenvalue weighted by atomic mass is 10.4. The van der Waals surface area contributed by atoms with E-state index in [1.54, 1.807) is 10.0 Å². The summed E-state index contributed by atoms with van der Waals surface area (Å²) in [4.78, 5) is 5.23. The summed E-state index contributed by atoms with van der Waals surface area (Å²) in [5.74, 6) is 0.745. The van der Waals surface area contributed by atoms with E-state index < -0.39 is 0 Å². The zero-order chi connectivity index (χ0) is 9.54. The summed E-state index contributed by atoms with van der Waals surface area (Å²) in [5.41, 5.74) is 2.56. The maximum Gasteiger partial charge on any atom is 0.212 e. The van der Waals surface area contributed by atoms with Crippen molar-refractivity contribution < 1.29 is 4.42 Å². The third-order valence-electron chi connectivity index (χ3n) is 1.81. The highest BCUT2D eigenvalue weighted by Gasteiger charge is 2.09. The number of nitrogens with zero attached hydrogens (tertiary/aromatic N) is 3. The van der Waals surface area contributed by atoms with Crippen LogP contribution in [0.3, 0.4) is 0 Å². The van der Waals surface area contributed by atoms with E-state index >= 15 is 0 Å². The van der Waals surface area contributed by atoms with Crippen molar-refractivity contribution in [1.29, 1.82) is 0 Å². The minimum Gasteiger partial charge on any atom is -0.448 e. The molecule has 0 atom stereocenters. The van der Waals surface area contributed by atoms with Crippen molar-refractivity contribution in [2.24, 2.45) is 0 Å². The summed E-state index contributed by atoms with van der Waals surface area (Å²) in [6.07, 6.45) is 1.84. The molecular formula is C8H4BrN3OS. The Morgan fingerprint density at radius 1 is 1.43 bits per heavy atom. The van der Waals surface area contributed by atoms with Crippen LogP contribution in [-0.4, -0.2) is 14.6 Å². The van der Waals surface area contributed by atoms with Crippen LogP contribution in [0.15, 0.2) is 32.9 Å². The molecule has 14 heavy (non-hydrogen) atoms. The van der Waals surface area contributed by atoms with Gasteiger partial charge in [0.25, 0.3) is 0 Å². The second kappa shape index (κ2) is 2.93. The Morgan fingerprint density at radius 3 is 3.07 bits per heavy atom. The average Bonchev–Trinajstić information content (AvgIpc) is 2.75. The van der Waals surface area contributed by atoms with E-state index in [0.717, 1.165) is 16.4 Å². The van der Waals surface area contributed by atoms with Crippen LogP contribution < -0.4 is 0 Å². The molecule has 6 heteroatoms. The van der Waals surface area contributed by atoms with Gasteiger partial charge in [-0.2, -0.15) is 5.10 Å². The van der Waals surface area contributed by atoms with Gasteiger partial charge in [0.05, 0.1) is 6.20 Å². The fourth-order valence-electron chi connectivity index (χ4n) is 1.21. The van der Waals surface area contributed by atoms with Gasteiger partial charge in [0, 0.05) is 0 Å². The van der Waals surface area contributed by atoms with Gasteiger partial charge in [-0.25, -0.2) is 9.50 Å². The lowest BCUT2D eigenvalue weighted by Gasteiger charge is -1.85. The number of aromatic nitrogens is 3. The Bertz CT molecular complexity index is 553. The van der Waals surface area contributed by atoms with Crippen molar-refractivity contribution in [3.63, 3.8) is 0 Å². The monoisotopic (exact) mass is 269 g/mol. The Morgan fingerprint density at radius 2 is 2.36 bits per heavy atom. The third kappa shape index (κ3) is 1.18. The molecule has 0 aliphatic heterocycles. The lowest BCUT2D eigenvalue weighted by Crippen LogP contribution is -1.76. The second-order valence-corrected chi connectivity index (χ2v) is 4.29. The summed E-state index contributed by atoms with van der Waals surface area (Å²) in [6.45, 7) is 0. The molecule has 3 aromatic rings. The number of halogens is 1. The molecule has 4 nitrogen and oxygen atoms in total. The smallest absolute Gasteiger partial charge is 0.212 e. The van der Waals surface area contributed by atoms with E-state index in [1.165, 1.54) is 11.3 Å². The largest absolute Gasteiger partial charge is 0.448 e. The molecule has 0 fully saturated rings. The van der Waals surface area contributed by atoms with Crippen LogP contribution in [0.5, 0.6) is 0 Å². The molecule has 0 N–H and O–H groups in total. The average molecular weight is 270 g/mol. The first-order valence-corrected chi connectivity index (χ1v) is 5.55. The van der Waals surface area contributed by atoms with Crippen LogP contribution in [0.4, 0.5) is 0 Å². The number of fused-ring (bicyclic) bond motifs is 1. The van der Waals surface area contributed by atoms with Gasteiger partial charge in [-0.1, -0.05) is 11.3 Å². The quantitative estimate of drug-likeness (QED) is 0.682. The van der Waals surface area contributed by atoms with Crippen molar-refractivity contribution >= 4 is 32.2 Å². The summed E-state index contributed by atoms with van der Waals surface area (Å²) >= 11 is 4.75. The second-order valence-electron chi connectivity index (χ2n) is 2.70. The number of hydrogen-bond acceptors (Lipinski definition) is 4. The Kier molecular flexibility index (Phi) is 1.71. The molecule has 0 spiro atoms. The first kappa shape index (κ1) is 8.19. The summed E-state index contributed by atoms with van der Waals surface area (Å²) < 4.78 is 7.82. The van der Waals surface area contributed by atoms with Crippen LogP contribution in [0, 0.1) is 0 Å². The van der Waals surface area contributed by atoms with Gasteiger partial charge in [0.15, 0.2) is 10.4 Å². The van der Waals surface area contributed by atoms with Crippen molar-refractivity contribution in [3.8, 4) is 11.5 Å². The maximum absolute atomic E-state index is 5.39. The van der Waals surface area contributed by atoms with Gasteiger partial charge >= 0.3 is 0 Å². The van der Waals surface area contributed by atoms with E-state index in [-0.39, 0.29) is 0 Å². The van der Waals surface area contributed by atoms with Crippen molar-refractivity contribution in [2.75, 3.05) is 0 Å². The molecule has 0 saturated heterocycles. The maximum atomic E-state index is 5.39. The molecule has 0 unspecified atom stereocenters. The molecule has 3 heterocycles. The van der Waals surface area contributed by atoms with Crippen LogP contribution >= 0.6 is 27.3 Å². The number of furan rings is 1. The summed E-state index contributed by atoms with van der Waals surface area (Å²) in [5, 5.41) is 4.09. The van der Waals surface area contributed by atoms with Gasteiger partial charge in [-0.05, 0) is 28.1 Å². The predicted octanol–water partition coefficient (Wildman–Crippen LogP) is 2.81. The van der Waals surface area contributed by atoms with Crippen molar-refractivity contribution in [3.05, 3.63) is 28.5 Å². The van der Waals surface area contributed by atoms with Crippen LogP contribution in [0.2, 0.25) is 0 Å². The number of imidazole rings is 1. The molecule has 0 radical (unpaired) electrons. The molecule has 0 saturated carbocycles. The number of hydrogen-bond donors (Lipinski definition) is 0. The Balaban J connectivity index is 2.18. The molecule has 0 aromatic carbocycles. The number of rotatable bonds is 1. The third-order valence-corrected chi connectivity index (χ3v) is 2.93. The first-order chi connectivity index (χ1) is 6.83. The standard InChI is InChI=1S/C8H4BrN3OS/c9-7-2-1-6(13-7)5-3-12-8(11-5)14-4-10-12/h1-4H. The normalized spacial score (nSPS) is 11.2. The van der Waals surface area contributed by atoms with Crippen LogP contribution in [0.1, 0.15) is 0 Å². The highest BCUT2D eigenvalue weighted by atomic mass is 79.9. The Labute approximate surface area is 91.3 Å². The van der Waals surface area contributed by atoms with E-state index in [9.17, 15) is 0 Å². The molecule has 0 aliphatic rings. The zero-order valence-corrected chi connectivity index (χ0v) is 9.25. The van der Waals surface area contributed by atoms with E-state index in [4.69, 9.17) is 4.42 Å². The van der Waals surface area contributed by atoms with Crippen molar-refractivity contribution in [1.82, 2.24) is 14.6 Å². The zero-order valence-electron chi connectivity index (χ0n) is 6.85. The summed E-state index contributed by atoms with van der Waals surface area (Å²) in [6, 6.07) is 3.72. The highest BCUT2D eigenvalue weighted by molar-refractivity contribution is 9.10. The molecule has 0 bridgehead atoms. The van der Waals surface area contributed by atoms with Crippen molar-refractivity contribution in [2.45, 2.75) is 0 Å². The van der Waals surface area contributed by atoms with E-state index in [1.807, 2.05) is 18.3 Å². The van der Waals surface area contributed by atoms with Crippen LogP contribution in [0.25, 0.3) is 16.4 Å². The Hall–Kier alpha value is -1.14. The molecule has 0 amide bonds. The van der Waals surface area contributed by atoms with E-state index in [0.29, 0.717) is 4.67 Å². The lowest BCUT2D eigenvalue weighted by molar-refractivity contribution is 0.554.